The molecule has 4 aliphatic carbocycles. The van der Waals surface area contributed by atoms with Gasteiger partial charge in [-0.1, -0.05) is 0 Å². The van der Waals surface area contributed by atoms with E-state index in [4.69, 9.17) is 0 Å². The summed E-state index contributed by atoms with van der Waals surface area (Å²) in [7, 11) is 1.96. The number of carbonyl (C=O) groups excluding carboxylic acids is 1. The molecular formula is C21H32Cl2N4O2. The lowest BCUT2D eigenvalue weighted by Gasteiger charge is -2.56. The number of rotatable bonds is 3. The van der Waals surface area contributed by atoms with Gasteiger partial charge in [0.15, 0.2) is 0 Å². The molecule has 5 fully saturated rings. The molecule has 6 nitrogen and oxygen atoms in total. The van der Waals surface area contributed by atoms with E-state index in [1.165, 1.54) is 19.3 Å². The largest absolute Gasteiger partial charge is 0.338 e. The van der Waals surface area contributed by atoms with Crippen LogP contribution in [0, 0.1) is 17.8 Å². The van der Waals surface area contributed by atoms with Crippen LogP contribution in [0.15, 0.2) is 11.0 Å². The molecule has 2 N–H and O–H groups in total. The molecule has 1 aromatic rings. The van der Waals surface area contributed by atoms with E-state index in [2.05, 4.69) is 15.3 Å². The van der Waals surface area contributed by atoms with Gasteiger partial charge in [-0.25, -0.2) is 4.98 Å². The summed E-state index contributed by atoms with van der Waals surface area (Å²) in [5, 5.41) is 3.27. The maximum absolute atomic E-state index is 12.8. The van der Waals surface area contributed by atoms with Crippen molar-refractivity contribution in [3.05, 3.63) is 27.9 Å². The lowest BCUT2D eigenvalue weighted by Crippen LogP contribution is -2.50. The Morgan fingerprint density at radius 2 is 1.66 bits per heavy atom. The zero-order valence-electron chi connectivity index (χ0n) is 17.0. The number of carbonyl (C=O) groups is 1. The van der Waals surface area contributed by atoms with Crippen molar-refractivity contribution in [1.29, 1.82) is 0 Å². The molecule has 4 bridgehead atoms. The van der Waals surface area contributed by atoms with Crippen molar-refractivity contribution in [1.82, 2.24) is 20.2 Å². The summed E-state index contributed by atoms with van der Waals surface area (Å²) in [6.45, 7) is 1.39. The number of aromatic amines is 1. The Hall–Kier alpha value is -1.11. The standard InChI is InChI=1S/C21H30N4O2.2ClH/c1-22-16-2-4-25(5-3-16)19(27)17-12-23-20(24-18(17)26)21-9-13-6-14(10-21)8-15(7-13)11-21;;/h12-16,22H,2-11H2,1H3,(H,23,24,26);2*1H. The number of amides is 1. The summed E-state index contributed by atoms with van der Waals surface area (Å²) in [4.78, 5) is 35.1. The third kappa shape index (κ3) is 3.96. The predicted octanol–water partition coefficient (Wildman–Crippen LogP) is 2.91. The van der Waals surface area contributed by atoms with E-state index in [1.807, 2.05) is 7.05 Å². The summed E-state index contributed by atoms with van der Waals surface area (Å²) in [5.41, 5.74) is 0.00328. The van der Waals surface area contributed by atoms with Crippen LogP contribution in [0.1, 0.15) is 67.5 Å². The van der Waals surface area contributed by atoms with E-state index in [0.717, 1.165) is 55.7 Å². The van der Waals surface area contributed by atoms with Gasteiger partial charge < -0.3 is 15.2 Å². The lowest BCUT2D eigenvalue weighted by molar-refractivity contribution is -0.00955. The SMILES string of the molecule is CNC1CCN(C(=O)c2cnc(C34CC5CC(CC(C5)C3)C4)[nH]c2=O)CC1.Cl.Cl. The van der Waals surface area contributed by atoms with Gasteiger partial charge in [0, 0.05) is 30.7 Å². The van der Waals surface area contributed by atoms with E-state index in [0.29, 0.717) is 19.1 Å². The quantitative estimate of drug-likeness (QED) is 0.753. The number of piperidine rings is 1. The minimum absolute atomic E-state index is 0. The Labute approximate surface area is 184 Å². The third-order valence-corrected chi connectivity index (χ3v) is 7.76. The van der Waals surface area contributed by atoms with Crippen molar-refractivity contribution in [2.45, 2.75) is 62.8 Å². The second-order valence-electron chi connectivity index (χ2n) is 9.53. The van der Waals surface area contributed by atoms with E-state index in [1.54, 1.807) is 11.1 Å². The maximum Gasteiger partial charge on any atom is 0.263 e. The van der Waals surface area contributed by atoms with Crippen LogP contribution < -0.4 is 10.9 Å². The normalized spacial score (nSPS) is 33.1. The molecule has 0 spiro atoms. The first-order chi connectivity index (χ1) is 13.1. The van der Waals surface area contributed by atoms with E-state index in [9.17, 15) is 9.59 Å². The van der Waals surface area contributed by atoms with Gasteiger partial charge >= 0.3 is 0 Å². The number of aromatic nitrogens is 2. The number of hydrogen-bond acceptors (Lipinski definition) is 4. The number of H-pyrrole nitrogens is 1. The van der Waals surface area contributed by atoms with Crippen LogP contribution in [-0.2, 0) is 5.41 Å². The first-order valence-corrected chi connectivity index (χ1v) is 10.6. The van der Waals surface area contributed by atoms with Gasteiger partial charge in [0.05, 0.1) is 0 Å². The minimum atomic E-state index is -0.253. The van der Waals surface area contributed by atoms with Crippen molar-refractivity contribution in [3.63, 3.8) is 0 Å². The van der Waals surface area contributed by atoms with Crippen LogP contribution in [-0.4, -0.2) is 47.0 Å². The van der Waals surface area contributed by atoms with Crippen LogP contribution in [0.3, 0.4) is 0 Å². The Morgan fingerprint density at radius 3 is 2.14 bits per heavy atom. The Balaban J connectivity index is 0.00000120. The van der Waals surface area contributed by atoms with Crippen LogP contribution >= 0.6 is 24.8 Å². The first-order valence-electron chi connectivity index (χ1n) is 10.6. The van der Waals surface area contributed by atoms with Crippen molar-refractivity contribution >= 4 is 30.7 Å². The molecule has 0 aromatic carbocycles. The van der Waals surface area contributed by atoms with Crippen molar-refractivity contribution in [2.24, 2.45) is 17.8 Å². The zero-order valence-corrected chi connectivity index (χ0v) is 18.6. The molecule has 1 aliphatic heterocycles. The smallest absolute Gasteiger partial charge is 0.263 e. The van der Waals surface area contributed by atoms with Crippen LogP contribution in [0.4, 0.5) is 0 Å². The average Bonchev–Trinajstić information content (AvgIpc) is 2.66. The van der Waals surface area contributed by atoms with Gasteiger partial charge in [0.2, 0.25) is 0 Å². The van der Waals surface area contributed by atoms with Gasteiger partial charge in [-0.05, 0) is 76.2 Å². The summed E-state index contributed by atoms with van der Waals surface area (Å²) >= 11 is 0. The monoisotopic (exact) mass is 442 g/mol. The van der Waals surface area contributed by atoms with Crippen LogP contribution in [0.2, 0.25) is 0 Å². The molecule has 4 saturated carbocycles. The highest BCUT2D eigenvalue weighted by molar-refractivity contribution is 5.93. The second kappa shape index (κ2) is 8.56. The highest BCUT2D eigenvalue weighted by Crippen LogP contribution is 2.59. The summed E-state index contributed by atoms with van der Waals surface area (Å²) in [5.74, 6) is 3.08. The Bertz CT molecular complexity index is 769. The molecular weight excluding hydrogens is 411 g/mol. The second-order valence-corrected chi connectivity index (χ2v) is 9.53. The number of likely N-dealkylation sites (tertiary alicyclic amines) is 1. The lowest BCUT2D eigenvalue weighted by atomic mass is 9.49. The molecule has 0 radical (unpaired) electrons. The molecule has 0 atom stereocenters. The fourth-order valence-corrected chi connectivity index (χ4v) is 6.76. The van der Waals surface area contributed by atoms with Gasteiger partial charge in [0.1, 0.15) is 11.4 Å². The van der Waals surface area contributed by atoms with E-state index in [-0.39, 0.29) is 47.3 Å². The van der Waals surface area contributed by atoms with Crippen molar-refractivity contribution in [3.8, 4) is 0 Å². The minimum Gasteiger partial charge on any atom is -0.338 e. The zero-order chi connectivity index (χ0) is 18.6. The Morgan fingerprint density at radius 1 is 1.10 bits per heavy atom. The fraction of sp³-hybridized carbons (Fsp3) is 0.762. The maximum atomic E-state index is 12.8. The van der Waals surface area contributed by atoms with Crippen molar-refractivity contribution < 1.29 is 4.79 Å². The van der Waals surface area contributed by atoms with Crippen LogP contribution in [0.25, 0.3) is 0 Å². The van der Waals surface area contributed by atoms with Gasteiger partial charge in [-0.2, -0.15) is 0 Å². The fourth-order valence-electron chi connectivity index (χ4n) is 6.76. The summed E-state index contributed by atoms with van der Waals surface area (Å²) in [6.07, 6.45) is 11.0. The molecule has 1 saturated heterocycles. The molecule has 8 heteroatoms. The molecule has 2 heterocycles. The molecule has 0 unspecified atom stereocenters. The average molecular weight is 443 g/mol. The number of nitrogens with zero attached hydrogens (tertiary/aromatic N) is 2. The van der Waals surface area contributed by atoms with Gasteiger partial charge in [-0.3, -0.25) is 9.59 Å². The summed E-state index contributed by atoms with van der Waals surface area (Å²) in [6, 6.07) is 0.462. The highest BCUT2D eigenvalue weighted by Gasteiger charge is 2.53. The predicted molar refractivity (Wildman–Crippen MR) is 117 cm³/mol. The first kappa shape index (κ1) is 22.6. The van der Waals surface area contributed by atoms with Crippen molar-refractivity contribution in [2.75, 3.05) is 20.1 Å². The molecule has 1 aromatic heterocycles. The van der Waals surface area contributed by atoms with Crippen LogP contribution in [0.5, 0.6) is 0 Å². The number of nitrogens with one attached hydrogen (secondary N) is 2. The van der Waals surface area contributed by atoms with E-state index >= 15 is 0 Å². The highest BCUT2D eigenvalue weighted by atomic mass is 35.5. The van der Waals surface area contributed by atoms with E-state index < -0.39 is 0 Å². The third-order valence-electron chi connectivity index (χ3n) is 7.76. The number of hydrogen-bond donors (Lipinski definition) is 2. The topological polar surface area (TPSA) is 78.1 Å². The summed E-state index contributed by atoms with van der Waals surface area (Å²) < 4.78 is 0. The number of halogens is 2. The molecule has 1 amide bonds. The molecule has 5 aliphatic rings. The molecule has 29 heavy (non-hydrogen) atoms. The molecule has 6 rings (SSSR count). The Kier molecular flexibility index (Phi) is 6.66. The molecule has 162 valence electrons. The van der Waals surface area contributed by atoms with Gasteiger partial charge in [-0.15, -0.1) is 24.8 Å². The van der Waals surface area contributed by atoms with Gasteiger partial charge in [0.25, 0.3) is 11.5 Å².